The average Bonchev–Trinajstić information content (AvgIpc) is 2.72. The zero-order chi connectivity index (χ0) is 12.7. The smallest absolute Gasteiger partial charge is 0.130 e. The van der Waals surface area contributed by atoms with E-state index >= 15 is 0 Å². The number of para-hydroxylation sites is 1. The highest BCUT2D eigenvalue weighted by Crippen LogP contribution is 2.40. The fraction of sp³-hybridized carbons (Fsp3) is 0.250. The molecule has 0 fully saturated rings. The van der Waals surface area contributed by atoms with Crippen molar-refractivity contribution in [2.75, 3.05) is 0 Å². The van der Waals surface area contributed by atoms with Gasteiger partial charge in [0.1, 0.15) is 11.9 Å². The zero-order valence-electron chi connectivity index (χ0n) is 10.5. The number of hydrogen-bond donors (Lipinski definition) is 0. The van der Waals surface area contributed by atoms with Gasteiger partial charge in [0.25, 0.3) is 0 Å². The number of halogens is 1. The molecular formula is C16H15ClO. The van der Waals surface area contributed by atoms with Crippen LogP contribution in [0.25, 0.3) is 11.1 Å². The van der Waals surface area contributed by atoms with Crippen LogP contribution in [-0.2, 0) is 6.42 Å². The van der Waals surface area contributed by atoms with Crippen LogP contribution in [0.1, 0.15) is 18.1 Å². The molecule has 92 valence electrons. The quantitative estimate of drug-likeness (QED) is 0.724. The van der Waals surface area contributed by atoms with Crippen molar-refractivity contribution < 1.29 is 4.74 Å². The largest absolute Gasteiger partial charge is 0.489 e. The highest BCUT2D eigenvalue weighted by atomic mass is 35.5. The minimum absolute atomic E-state index is 0.264. The minimum atomic E-state index is 0.264. The molecule has 2 heteroatoms. The number of aryl methyl sites for hydroxylation is 1. The van der Waals surface area contributed by atoms with E-state index in [-0.39, 0.29) is 6.10 Å². The van der Waals surface area contributed by atoms with Gasteiger partial charge in [-0.05, 0) is 42.7 Å². The highest BCUT2D eigenvalue weighted by Gasteiger charge is 2.22. The molecule has 1 heterocycles. The van der Waals surface area contributed by atoms with E-state index in [9.17, 15) is 0 Å². The summed E-state index contributed by atoms with van der Waals surface area (Å²) in [6.07, 6.45) is 1.25. The number of hydrogen-bond acceptors (Lipinski definition) is 1. The van der Waals surface area contributed by atoms with E-state index in [1.807, 2.05) is 12.1 Å². The molecule has 2 aromatic rings. The molecule has 0 aromatic heterocycles. The summed E-state index contributed by atoms with van der Waals surface area (Å²) in [5, 5.41) is 0.763. The summed E-state index contributed by atoms with van der Waals surface area (Å²) in [5.74, 6) is 1.02. The number of benzene rings is 2. The third-order valence-corrected chi connectivity index (χ3v) is 3.65. The van der Waals surface area contributed by atoms with Gasteiger partial charge in [0.2, 0.25) is 0 Å². The van der Waals surface area contributed by atoms with Crippen LogP contribution in [0.15, 0.2) is 36.4 Å². The minimum Gasteiger partial charge on any atom is -0.489 e. The second kappa shape index (κ2) is 4.33. The van der Waals surface area contributed by atoms with Gasteiger partial charge < -0.3 is 4.74 Å². The summed E-state index contributed by atoms with van der Waals surface area (Å²) >= 11 is 6.11. The molecule has 0 spiro atoms. The van der Waals surface area contributed by atoms with Crippen LogP contribution >= 0.6 is 11.6 Å². The Morgan fingerprint density at radius 3 is 2.83 bits per heavy atom. The first-order valence-corrected chi connectivity index (χ1v) is 6.58. The Balaban J connectivity index is 2.19. The van der Waals surface area contributed by atoms with Gasteiger partial charge in [-0.1, -0.05) is 35.9 Å². The second-order valence-electron chi connectivity index (χ2n) is 4.89. The molecule has 3 rings (SSSR count). The lowest BCUT2D eigenvalue weighted by molar-refractivity contribution is 0.255. The fourth-order valence-electron chi connectivity index (χ4n) is 2.53. The van der Waals surface area contributed by atoms with E-state index in [4.69, 9.17) is 16.3 Å². The Bertz CT molecular complexity index is 604. The summed E-state index contributed by atoms with van der Waals surface area (Å²) in [5.41, 5.74) is 4.82. The Morgan fingerprint density at radius 1 is 1.17 bits per heavy atom. The Morgan fingerprint density at radius 2 is 2.00 bits per heavy atom. The first kappa shape index (κ1) is 11.6. The Hall–Kier alpha value is -1.47. The predicted octanol–water partition coefficient (Wildman–Crippen LogP) is 4.64. The molecule has 18 heavy (non-hydrogen) atoms. The summed E-state index contributed by atoms with van der Waals surface area (Å²) in [4.78, 5) is 0. The van der Waals surface area contributed by atoms with Gasteiger partial charge in [0, 0.05) is 17.0 Å². The van der Waals surface area contributed by atoms with Crippen LogP contribution in [0.4, 0.5) is 0 Å². The molecule has 1 atom stereocenters. The van der Waals surface area contributed by atoms with Gasteiger partial charge in [-0.3, -0.25) is 0 Å². The fourth-order valence-corrected chi connectivity index (χ4v) is 2.71. The van der Waals surface area contributed by atoms with Gasteiger partial charge in [-0.25, -0.2) is 0 Å². The van der Waals surface area contributed by atoms with Crippen molar-refractivity contribution in [2.24, 2.45) is 0 Å². The summed E-state index contributed by atoms with van der Waals surface area (Å²) in [6.45, 7) is 4.21. The third-order valence-electron chi connectivity index (χ3n) is 3.41. The number of ether oxygens (including phenoxy) is 1. The standard InChI is InChI=1S/C16H15ClO/c1-10-6-7-13(17)9-15(10)14-5-3-4-12-8-11(2)18-16(12)14/h3-7,9,11H,8H2,1-2H3. The van der Waals surface area contributed by atoms with Crippen molar-refractivity contribution >= 4 is 11.6 Å². The molecule has 0 radical (unpaired) electrons. The first-order chi connectivity index (χ1) is 8.65. The molecule has 1 unspecified atom stereocenters. The average molecular weight is 259 g/mol. The van der Waals surface area contributed by atoms with Crippen LogP contribution in [-0.4, -0.2) is 6.10 Å². The normalized spacial score (nSPS) is 17.4. The zero-order valence-corrected chi connectivity index (χ0v) is 11.3. The van der Waals surface area contributed by atoms with Gasteiger partial charge in [-0.2, -0.15) is 0 Å². The molecule has 1 aliphatic heterocycles. The van der Waals surface area contributed by atoms with Crippen molar-refractivity contribution in [1.82, 2.24) is 0 Å². The molecule has 0 aliphatic carbocycles. The maximum absolute atomic E-state index is 6.11. The van der Waals surface area contributed by atoms with Crippen molar-refractivity contribution in [2.45, 2.75) is 26.4 Å². The van der Waals surface area contributed by atoms with Crippen LogP contribution in [0.5, 0.6) is 5.75 Å². The monoisotopic (exact) mass is 258 g/mol. The van der Waals surface area contributed by atoms with Gasteiger partial charge in [-0.15, -0.1) is 0 Å². The van der Waals surface area contributed by atoms with Crippen LogP contribution < -0.4 is 4.74 Å². The van der Waals surface area contributed by atoms with E-state index in [1.54, 1.807) is 0 Å². The molecule has 1 nitrogen and oxygen atoms in total. The molecule has 0 bridgehead atoms. The molecular weight excluding hydrogens is 244 g/mol. The van der Waals surface area contributed by atoms with Crippen LogP contribution in [0.3, 0.4) is 0 Å². The van der Waals surface area contributed by atoms with Crippen molar-refractivity contribution in [1.29, 1.82) is 0 Å². The summed E-state index contributed by atoms with van der Waals surface area (Å²) < 4.78 is 5.94. The van der Waals surface area contributed by atoms with Gasteiger partial charge >= 0.3 is 0 Å². The van der Waals surface area contributed by atoms with E-state index in [0.29, 0.717) is 0 Å². The van der Waals surface area contributed by atoms with E-state index in [0.717, 1.165) is 28.3 Å². The lowest BCUT2D eigenvalue weighted by Crippen LogP contribution is -2.05. The van der Waals surface area contributed by atoms with Crippen molar-refractivity contribution in [3.05, 3.63) is 52.5 Å². The van der Waals surface area contributed by atoms with Crippen molar-refractivity contribution in [3.8, 4) is 16.9 Å². The molecule has 2 aromatic carbocycles. The molecule has 0 saturated heterocycles. The van der Waals surface area contributed by atoms with Gasteiger partial charge in [0.15, 0.2) is 0 Å². The highest BCUT2D eigenvalue weighted by molar-refractivity contribution is 6.30. The maximum Gasteiger partial charge on any atom is 0.130 e. The van der Waals surface area contributed by atoms with Crippen molar-refractivity contribution in [3.63, 3.8) is 0 Å². The second-order valence-corrected chi connectivity index (χ2v) is 5.32. The van der Waals surface area contributed by atoms with Gasteiger partial charge in [0.05, 0.1) is 0 Å². The molecule has 0 amide bonds. The van der Waals surface area contributed by atoms with E-state index < -0.39 is 0 Å². The van der Waals surface area contributed by atoms with E-state index in [1.165, 1.54) is 11.1 Å². The Labute approximate surface area is 112 Å². The summed E-state index contributed by atoms with van der Waals surface area (Å²) in [7, 11) is 0. The first-order valence-electron chi connectivity index (χ1n) is 6.20. The number of rotatable bonds is 1. The lowest BCUT2D eigenvalue weighted by atomic mass is 9.97. The number of fused-ring (bicyclic) bond motifs is 1. The molecule has 0 N–H and O–H groups in total. The third kappa shape index (κ3) is 1.89. The van der Waals surface area contributed by atoms with Crippen LogP contribution in [0.2, 0.25) is 5.02 Å². The SMILES string of the molecule is Cc1ccc(Cl)cc1-c1cccc2c1OC(C)C2. The Kier molecular flexibility index (Phi) is 2.79. The van der Waals surface area contributed by atoms with E-state index in [2.05, 4.69) is 38.1 Å². The molecule has 1 aliphatic rings. The summed E-state index contributed by atoms with van der Waals surface area (Å²) in [6, 6.07) is 12.3. The maximum atomic E-state index is 6.11. The predicted molar refractivity (Wildman–Crippen MR) is 75.4 cm³/mol. The topological polar surface area (TPSA) is 9.23 Å². The molecule has 0 saturated carbocycles. The lowest BCUT2D eigenvalue weighted by Gasteiger charge is -2.12. The van der Waals surface area contributed by atoms with Crippen LogP contribution in [0, 0.1) is 6.92 Å².